The Kier molecular flexibility index (Phi) is 4.98. The normalized spacial score (nSPS) is 21.7. The van der Waals surface area contributed by atoms with Crippen molar-refractivity contribution in [2.24, 2.45) is 0 Å². The van der Waals surface area contributed by atoms with Crippen molar-refractivity contribution in [3.8, 4) is 0 Å². The van der Waals surface area contributed by atoms with Crippen molar-refractivity contribution in [2.75, 3.05) is 18.5 Å². The molecule has 25 heavy (non-hydrogen) atoms. The van der Waals surface area contributed by atoms with Gasteiger partial charge in [0.2, 0.25) is 5.95 Å². The van der Waals surface area contributed by atoms with Gasteiger partial charge in [-0.3, -0.25) is 9.59 Å². The van der Waals surface area contributed by atoms with Gasteiger partial charge in [-0.25, -0.2) is 9.50 Å². The zero-order valence-corrected chi connectivity index (χ0v) is 14.6. The summed E-state index contributed by atoms with van der Waals surface area (Å²) in [5.41, 5.74) is 1.63. The molecule has 1 aliphatic rings. The summed E-state index contributed by atoms with van der Waals surface area (Å²) in [6.07, 6.45) is 2.00. The van der Waals surface area contributed by atoms with Crippen LogP contribution in [0.15, 0.2) is 18.3 Å². The third-order valence-corrected chi connectivity index (χ3v) is 4.42. The molecule has 134 valence electrons. The number of esters is 1. The van der Waals surface area contributed by atoms with Gasteiger partial charge in [0.25, 0.3) is 0 Å². The first-order valence-electron chi connectivity index (χ1n) is 8.32. The van der Waals surface area contributed by atoms with E-state index in [4.69, 9.17) is 9.47 Å². The van der Waals surface area contributed by atoms with Crippen LogP contribution in [0.2, 0.25) is 0 Å². The van der Waals surface area contributed by atoms with Crippen LogP contribution in [0.1, 0.15) is 38.8 Å². The number of hydrogen-bond donors (Lipinski definition) is 1. The highest BCUT2D eigenvalue weighted by atomic mass is 16.6. The molecular weight excluding hydrogens is 324 g/mol. The van der Waals surface area contributed by atoms with Crippen LogP contribution in [0.4, 0.5) is 5.95 Å². The molecule has 0 aromatic carbocycles. The molecule has 3 unspecified atom stereocenters. The van der Waals surface area contributed by atoms with Crippen LogP contribution in [0.25, 0.3) is 5.52 Å². The molecule has 0 spiro atoms. The Morgan fingerprint density at radius 1 is 1.40 bits per heavy atom. The molecule has 2 aromatic heterocycles. The number of ketones is 1. The maximum Gasteiger partial charge on any atom is 0.303 e. The van der Waals surface area contributed by atoms with Gasteiger partial charge in [0, 0.05) is 13.5 Å². The topological polar surface area (TPSA) is 94.8 Å². The van der Waals surface area contributed by atoms with E-state index in [0.717, 1.165) is 11.2 Å². The van der Waals surface area contributed by atoms with Crippen LogP contribution in [0, 0.1) is 0 Å². The Morgan fingerprint density at radius 3 is 2.92 bits per heavy atom. The number of Topliss-reactive ketones (excluding diaryl/α,β-unsaturated/α-hetero) is 1. The lowest BCUT2D eigenvalue weighted by Crippen LogP contribution is -2.44. The molecule has 0 aliphatic carbocycles. The molecule has 8 nitrogen and oxygen atoms in total. The molecule has 0 radical (unpaired) electrons. The maximum atomic E-state index is 11.7. The van der Waals surface area contributed by atoms with Gasteiger partial charge >= 0.3 is 5.97 Å². The predicted molar refractivity (Wildman–Crippen MR) is 90.5 cm³/mol. The van der Waals surface area contributed by atoms with Gasteiger partial charge in [0.15, 0.2) is 0 Å². The molecule has 2 aromatic rings. The van der Waals surface area contributed by atoms with Crippen molar-refractivity contribution >= 4 is 23.2 Å². The van der Waals surface area contributed by atoms with Crippen molar-refractivity contribution in [1.29, 1.82) is 0 Å². The first kappa shape index (κ1) is 17.3. The summed E-state index contributed by atoms with van der Waals surface area (Å²) < 4.78 is 12.4. The highest BCUT2D eigenvalue weighted by molar-refractivity contribution is 5.82. The van der Waals surface area contributed by atoms with Gasteiger partial charge in [0.05, 0.1) is 36.0 Å². The summed E-state index contributed by atoms with van der Waals surface area (Å²) >= 11 is 0. The van der Waals surface area contributed by atoms with Gasteiger partial charge in [-0.05, 0) is 32.4 Å². The molecule has 1 saturated heterocycles. The lowest BCUT2D eigenvalue weighted by molar-refractivity contribution is -0.153. The van der Waals surface area contributed by atoms with E-state index in [9.17, 15) is 9.59 Å². The van der Waals surface area contributed by atoms with E-state index in [0.29, 0.717) is 25.6 Å². The molecule has 3 atom stereocenters. The summed E-state index contributed by atoms with van der Waals surface area (Å²) in [6, 6.07) is 3.64. The van der Waals surface area contributed by atoms with E-state index >= 15 is 0 Å². The van der Waals surface area contributed by atoms with Crippen LogP contribution in [-0.4, -0.2) is 51.7 Å². The average Bonchev–Trinajstić information content (AvgIpc) is 2.98. The van der Waals surface area contributed by atoms with E-state index < -0.39 is 0 Å². The van der Waals surface area contributed by atoms with Crippen LogP contribution in [0.5, 0.6) is 0 Å². The largest absolute Gasteiger partial charge is 0.458 e. The quantitative estimate of drug-likeness (QED) is 0.821. The lowest BCUT2D eigenvalue weighted by Gasteiger charge is -2.31. The smallest absolute Gasteiger partial charge is 0.303 e. The first-order valence-corrected chi connectivity index (χ1v) is 8.32. The number of ether oxygens (including phenoxy) is 2. The molecule has 0 saturated carbocycles. The molecule has 1 N–H and O–H groups in total. The molecule has 0 amide bonds. The lowest BCUT2D eigenvalue weighted by atomic mass is 10.0. The Balaban J connectivity index is 1.84. The summed E-state index contributed by atoms with van der Waals surface area (Å²) in [6.45, 7) is 5.72. The van der Waals surface area contributed by atoms with Crippen LogP contribution >= 0.6 is 0 Å². The zero-order valence-electron chi connectivity index (χ0n) is 14.6. The Morgan fingerprint density at radius 2 is 2.20 bits per heavy atom. The second-order valence-corrected chi connectivity index (χ2v) is 6.27. The second kappa shape index (κ2) is 7.18. The van der Waals surface area contributed by atoms with E-state index in [-0.39, 0.29) is 29.8 Å². The molecule has 1 aliphatic heterocycles. The Bertz CT molecular complexity index is 788. The number of carbonyl (C=O) groups excluding carboxylic acids is 2. The molecule has 0 bridgehead atoms. The number of fused-ring (bicyclic) bond motifs is 1. The van der Waals surface area contributed by atoms with Gasteiger partial charge in [-0.2, -0.15) is 0 Å². The number of hydrogen-bond acceptors (Lipinski definition) is 7. The number of anilines is 1. The minimum Gasteiger partial charge on any atom is -0.458 e. The van der Waals surface area contributed by atoms with Crippen molar-refractivity contribution < 1.29 is 19.1 Å². The highest BCUT2D eigenvalue weighted by Gasteiger charge is 2.29. The minimum absolute atomic E-state index is 0.0764. The van der Waals surface area contributed by atoms with Gasteiger partial charge in [0.1, 0.15) is 11.9 Å². The Labute approximate surface area is 145 Å². The zero-order chi connectivity index (χ0) is 18.0. The van der Waals surface area contributed by atoms with E-state index in [1.807, 2.05) is 19.1 Å². The predicted octanol–water partition coefficient (Wildman–Crippen LogP) is 1.55. The van der Waals surface area contributed by atoms with Crippen molar-refractivity contribution in [3.05, 3.63) is 24.0 Å². The summed E-state index contributed by atoms with van der Waals surface area (Å²) in [5.74, 6) is -0.0963. The third kappa shape index (κ3) is 3.79. The van der Waals surface area contributed by atoms with Crippen LogP contribution < -0.4 is 5.32 Å². The fourth-order valence-corrected chi connectivity index (χ4v) is 2.90. The second-order valence-electron chi connectivity index (χ2n) is 6.27. The van der Waals surface area contributed by atoms with Crippen LogP contribution in [-0.2, 0) is 19.1 Å². The number of nitrogens with zero attached hydrogens (tertiary/aromatic N) is 3. The standard InChI is InChI=1S/C17H22N4O4/c1-10(11(2)22)15-5-4-13-8-18-17(20-21(13)15)19-14-6-7-24-9-16(14)25-12(3)23/h4-5,8,10,14,16H,6-7,9H2,1-3H3,(H,19,20). The van der Waals surface area contributed by atoms with Crippen molar-refractivity contribution in [1.82, 2.24) is 14.6 Å². The average molecular weight is 346 g/mol. The molecule has 1 fully saturated rings. The van der Waals surface area contributed by atoms with Crippen molar-refractivity contribution in [3.63, 3.8) is 0 Å². The molecular formula is C17H22N4O4. The summed E-state index contributed by atoms with van der Waals surface area (Å²) in [7, 11) is 0. The number of nitrogens with one attached hydrogen (secondary N) is 1. The van der Waals surface area contributed by atoms with Gasteiger partial charge < -0.3 is 14.8 Å². The first-order chi connectivity index (χ1) is 12.0. The van der Waals surface area contributed by atoms with E-state index in [1.54, 1.807) is 17.6 Å². The Hall–Kier alpha value is -2.48. The van der Waals surface area contributed by atoms with Crippen molar-refractivity contribution in [2.45, 2.75) is 45.3 Å². The van der Waals surface area contributed by atoms with Crippen LogP contribution in [0.3, 0.4) is 0 Å². The molecule has 8 heteroatoms. The molecule has 3 heterocycles. The van der Waals surface area contributed by atoms with E-state index in [2.05, 4.69) is 15.4 Å². The summed E-state index contributed by atoms with van der Waals surface area (Å²) in [4.78, 5) is 27.3. The molecule has 3 rings (SSSR count). The number of rotatable bonds is 5. The van der Waals surface area contributed by atoms with E-state index in [1.165, 1.54) is 6.92 Å². The fourth-order valence-electron chi connectivity index (χ4n) is 2.90. The number of carbonyl (C=O) groups is 2. The third-order valence-electron chi connectivity index (χ3n) is 4.42. The fraction of sp³-hybridized carbons (Fsp3) is 0.529. The minimum atomic E-state index is -0.383. The van der Waals surface area contributed by atoms with Gasteiger partial charge in [-0.1, -0.05) is 0 Å². The highest BCUT2D eigenvalue weighted by Crippen LogP contribution is 2.20. The summed E-state index contributed by atoms with van der Waals surface area (Å²) in [5, 5.41) is 7.74. The SMILES string of the molecule is CC(=O)OC1COCCC1Nc1ncc2ccc(C(C)C(C)=O)n2n1. The monoisotopic (exact) mass is 346 g/mol. The maximum absolute atomic E-state index is 11.7. The number of aromatic nitrogens is 3. The van der Waals surface area contributed by atoms with Gasteiger partial charge in [-0.15, -0.1) is 5.10 Å².